The Kier molecular flexibility index (Phi) is 3.95. The van der Waals surface area contributed by atoms with Gasteiger partial charge in [0.05, 0.1) is 22.6 Å². The predicted octanol–water partition coefficient (Wildman–Crippen LogP) is 2.85. The van der Waals surface area contributed by atoms with Crippen LogP contribution in [0.15, 0.2) is 45.9 Å². The third-order valence-electron chi connectivity index (χ3n) is 3.82. The second-order valence-corrected chi connectivity index (χ2v) is 7.43. The lowest BCUT2D eigenvalue weighted by Crippen LogP contribution is -2.33. The van der Waals surface area contributed by atoms with Crippen LogP contribution in [0.2, 0.25) is 0 Å². The molecule has 0 atom stereocenters. The van der Waals surface area contributed by atoms with Crippen molar-refractivity contribution in [2.75, 3.05) is 0 Å². The van der Waals surface area contributed by atoms with Gasteiger partial charge >= 0.3 is 0 Å². The summed E-state index contributed by atoms with van der Waals surface area (Å²) >= 11 is 0. The highest BCUT2D eigenvalue weighted by atomic mass is 32.2. The Bertz CT molecular complexity index is 826. The van der Waals surface area contributed by atoms with Gasteiger partial charge in [0.15, 0.2) is 0 Å². The third kappa shape index (κ3) is 3.13. The van der Waals surface area contributed by atoms with Crippen molar-refractivity contribution in [1.82, 2.24) is 4.31 Å². The van der Waals surface area contributed by atoms with Crippen molar-refractivity contribution in [3.05, 3.63) is 58.0 Å². The highest BCUT2D eigenvalue weighted by Crippen LogP contribution is 2.35. The molecule has 1 saturated carbocycles. The summed E-state index contributed by atoms with van der Waals surface area (Å²) in [5.74, 6) is 0.545. The van der Waals surface area contributed by atoms with Crippen molar-refractivity contribution in [3.63, 3.8) is 0 Å². The highest BCUT2D eigenvalue weighted by Gasteiger charge is 2.39. The van der Waals surface area contributed by atoms with Gasteiger partial charge in [-0.15, -0.1) is 0 Å². The molecule has 1 heterocycles. The summed E-state index contributed by atoms with van der Waals surface area (Å²) in [5, 5.41) is 10.9. The maximum atomic E-state index is 13.0. The van der Waals surface area contributed by atoms with E-state index in [0.29, 0.717) is 11.3 Å². The Hall–Kier alpha value is -2.19. The predicted molar refractivity (Wildman–Crippen MR) is 82.3 cm³/mol. The maximum Gasteiger partial charge on any atom is 0.270 e. The topological polar surface area (TPSA) is 93.7 Å². The molecule has 23 heavy (non-hydrogen) atoms. The Labute approximate surface area is 133 Å². The van der Waals surface area contributed by atoms with Crippen molar-refractivity contribution in [2.24, 2.45) is 0 Å². The van der Waals surface area contributed by atoms with Crippen LogP contribution in [0.25, 0.3) is 0 Å². The van der Waals surface area contributed by atoms with Gasteiger partial charge in [-0.2, -0.15) is 4.31 Å². The third-order valence-corrected chi connectivity index (χ3v) is 5.86. The molecule has 0 N–H and O–H groups in total. The van der Waals surface area contributed by atoms with Gasteiger partial charge in [-0.25, -0.2) is 8.42 Å². The van der Waals surface area contributed by atoms with Gasteiger partial charge < -0.3 is 4.42 Å². The molecule has 8 heteroatoms. The van der Waals surface area contributed by atoms with Crippen LogP contribution in [-0.4, -0.2) is 23.7 Å². The highest BCUT2D eigenvalue weighted by molar-refractivity contribution is 7.89. The van der Waals surface area contributed by atoms with E-state index in [4.69, 9.17) is 4.42 Å². The number of non-ortho nitro benzene ring substituents is 1. The molecule has 2 aromatic rings. The number of furan rings is 1. The monoisotopic (exact) mass is 336 g/mol. The van der Waals surface area contributed by atoms with E-state index in [1.165, 1.54) is 22.7 Å². The quantitative estimate of drug-likeness (QED) is 0.597. The molecule has 0 unspecified atom stereocenters. The van der Waals surface area contributed by atoms with E-state index in [1.54, 1.807) is 19.1 Å². The standard InChI is InChI=1S/C15H16N2O5S/c1-11-4-5-13(17(18)19)9-15(11)23(20,21)16(12-6-7-12)10-14-3-2-8-22-14/h2-5,8-9,12H,6-7,10H2,1H3. The molecule has 0 aliphatic heterocycles. The molecule has 1 aliphatic carbocycles. The second kappa shape index (κ2) is 5.78. The number of hydrogen-bond donors (Lipinski definition) is 0. The first-order chi connectivity index (χ1) is 10.9. The van der Waals surface area contributed by atoms with Crippen molar-refractivity contribution >= 4 is 15.7 Å². The Morgan fingerprint density at radius 3 is 2.65 bits per heavy atom. The number of rotatable bonds is 6. The summed E-state index contributed by atoms with van der Waals surface area (Å²) in [7, 11) is -3.83. The molecule has 122 valence electrons. The SMILES string of the molecule is Cc1ccc([N+](=O)[O-])cc1S(=O)(=O)N(Cc1ccco1)C1CC1. The van der Waals surface area contributed by atoms with E-state index in [-0.39, 0.29) is 23.2 Å². The molecule has 1 aromatic heterocycles. The zero-order valence-electron chi connectivity index (χ0n) is 12.5. The Morgan fingerprint density at radius 1 is 1.35 bits per heavy atom. The molecule has 1 fully saturated rings. The van der Waals surface area contributed by atoms with Gasteiger partial charge in [-0.3, -0.25) is 10.1 Å². The van der Waals surface area contributed by atoms with Crippen molar-refractivity contribution in [3.8, 4) is 0 Å². The second-order valence-electron chi connectivity index (χ2n) is 5.57. The molecule has 0 saturated heterocycles. The average molecular weight is 336 g/mol. The lowest BCUT2D eigenvalue weighted by Gasteiger charge is -2.21. The summed E-state index contributed by atoms with van der Waals surface area (Å²) in [6, 6.07) is 7.23. The van der Waals surface area contributed by atoms with Gasteiger partial charge in [0.1, 0.15) is 5.76 Å². The first kappa shape index (κ1) is 15.7. The fourth-order valence-corrected chi connectivity index (χ4v) is 4.33. The number of benzene rings is 1. The van der Waals surface area contributed by atoms with E-state index in [9.17, 15) is 18.5 Å². The first-order valence-electron chi connectivity index (χ1n) is 7.19. The van der Waals surface area contributed by atoms with Crippen LogP contribution in [0.5, 0.6) is 0 Å². The van der Waals surface area contributed by atoms with Crippen LogP contribution < -0.4 is 0 Å². The number of nitro groups is 1. The smallest absolute Gasteiger partial charge is 0.270 e. The zero-order chi connectivity index (χ0) is 16.6. The van der Waals surface area contributed by atoms with E-state index < -0.39 is 14.9 Å². The van der Waals surface area contributed by atoms with E-state index >= 15 is 0 Å². The summed E-state index contributed by atoms with van der Waals surface area (Å²) in [5.41, 5.74) is 0.253. The summed E-state index contributed by atoms with van der Waals surface area (Å²) < 4.78 is 32.6. The Morgan fingerprint density at radius 2 is 2.09 bits per heavy atom. The molecule has 3 rings (SSSR count). The minimum Gasteiger partial charge on any atom is -0.468 e. The van der Waals surface area contributed by atoms with Crippen LogP contribution in [0, 0.1) is 17.0 Å². The lowest BCUT2D eigenvalue weighted by atomic mass is 10.2. The van der Waals surface area contributed by atoms with Gasteiger partial charge in [0.25, 0.3) is 5.69 Å². The normalized spacial score (nSPS) is 15.0. The largest absolute Gasteiger partial charge is 0.468 e. The van der Waals surface area contributed by atoms with Crippen LogP contribution >= 0.6 is 0 Å². The number of aryl methyl sites for hydroxylation is 1. The molecule has 0 spiro atoms. The maximum absolute atomic E-state index is 13.0. The van der Waals surface area contributed by atoms with Crippen LogP contribution in [0.4, 0.5) is 5.69 Å². The van der Waals surface area contributed by atoms with E-state index in [1.807, 2.05) is 0 Å². The van der Waals surface area contributed by atoms with Crippen LogP contribution in [0.3, 0.4) is 0 Å². The molecule has 0 amide bonds. The molecular weight excluding hydrogens is 320 g/mol. The molecular formula is C15H16N2O5S. The molecule has 0 bridgehead atoms. The van der Waals surface area contributed by atoms with E-state index in [2.05, 4.69) is 0 Å². The number of sulfonamides is 1. The lowest BCUT2D eigenvalue weighted by molar-refractivity contribution is -0.385. The fourth-order valence-electron chi connectivity index (χ4n) is 2.44. The molecule has 1 aliphatic rings. The van der Waals surface area contributed by atoms with Crippen molar-refractivity contribution in [2.45, 2.75) is 37.2 Å². The van der Waals surface area contributed by atoms with Gasteiger partial charge in [-0.1, -0.05) is 6.07 Å². The molecule has 7 nitrogen and oxygen atoms in total. The fraction of sp³-hybridized carbons (Fsp3) is 0.333. The minimum absolute atomic E-state index is 0.0230. The molecule has 0 radical (unpaired) electrons. The summed E-state index contributed by atoms with van der Waals surface area (Å²) in [6.07, 6.45) is 3.06. The van der Waals surface area contributed by atoms with E-state index in [0.717, 1.165) is 18.9 Å². The van der Waals surface area contributed by atoms with Gasteiger partial charge in [0, 0.05) is 18.2 Å². The Balaban J connectivity index is 2.01. The number of nitro benzene ring substituents is 1. The minimum atomic E-state index is -3.83. The van der Waals surface area contributed by atoms with Crippen molar-refractivity contribution in [1.29, 1.82) is 0 Å². The molecule has 1 aromatic carbocycles. The van der Waals surface area contributed by atoms with Gasteiger partial charge in [0.2, 0.25) is 10.0 Å². The van der Waals surface area contributed by atoms with Crippen LogP contribution in [0.1, 0.15) is 24.2 Å². The number of hydrogen-bond acceptors (Lipinski definition) is 5. The van der Waals surface area contributed by atoms with Crippen LogP contribution in [-0.2, 0) is 16.6 Å². The first-order valence-corrected chi connectivity index (χ1v) is 8.63. The summed E-state index contributed by atoms with van der Waals surface area (Å²) in [6.45, 7) is 1.76. The number of nitrogens with zero attached hydrogens (tertiary/aromatic N) is 2. The van der Waals surface area contributed by atoms with Gasteiger partial charge in [-0.05, 0) is 37.5 Å². The van der Waals surface area contributed by atoms with Crippen molar-refractivity contribution < 1.29 is 17.8 Å². The summed E-state index contributed by atoms with van der Waals surface area (Å²) in [4.78, 5) is 10.3. The zero-order valence-corrected chi connectivity index (χ0v) is 13.3. The average Bonchev–Trinajstić information content (AvgIpc) is 3.20.